The van der Waals surface area contributed by atoms with Crippen molar-refractivity contribution in [2.45, 2.75) is 43.7 Å². The maximum atomic E-state index is 6.20. The van der Waals surface area contributed by atoms with Crippen molar-refractivity contribution in [1.29, 1.82) is 0 Å². The molecule has 3 nitrogen and oxygen atoms in total. The normalized spacial score (nSPS) is 25.7. The predicted octanol–water partition coefficient (Wildman–Crippen LogP) is 2.28. The average Bonchev–Trinajstić information content (AvgIpc) is 3.11. The summed E-state index contributed by atoms with van der Waals surface area (Å²) >= 11 is 0. The smallest absolute Gasteiger partial charge is 0.123 e. The molecule has 0 amide bonds. The van der Waals surface area contributed by atoms with Crippen molar-refractivity contribution in [2.24, 2.45) is 5.73 Å². The molecule has 18 heavy (non-hydrogen) atoms. The second-order valence-electron chi connectivity index (χ2n) is 5.60. The van der Waals surface area contributed by atoms with Crippen LogP contribution in [0, 0.1) is 0 Å². The molecule has 1 heterocycles. The molecule has 0 spiro atoms. The fraction of sp³-hybridized carbons (Fsp3) is 0.600. The van der Waals surface area contributed by atoms with E-state index in [1.54, 1.807) is 0 Å². The fourth-order valence-electron chi connectivity index (χ4n) is 2.47. The van der Waals surface area contributed by atoms with Gasteiger partial charge in [0.2, 0.25) is 0 Å². The lowest BCUT2D eigenvalue weighted by atomic mass is 10.0. The predicted molar refractivity (Wildman–Crippen MR) is 70.8 cm³/mol. The van der Waals surface area contributed by atoms with Gasteiger partial charge in [0.05, 0.1) is 6.61 Å². The van der Waals surface area contributed by atoms with Crippen LogP contribution in [0.25, 0.3) is 0 Å². The summed E-state index contributed by atoms with van der Waals surface area (Å²) in [6.45, 7) is 1.58. The lowest BCUT2D eigenvalue weighted by molar-refractivity contribution is 0.00700. The minimum atomic E-state index is 0.0303. The van der Waals surface area contributed by atoms with Crippen LogP contribution in [-0.2, 0) is 11.2 Å². The van der Waals surface area contributed by atoms with Gasteiger partial charge in [0.1, 0.15) is 11.9 Å². The number of benzene rings is 1. The number of hydrogen-bond donors (Lipinski definition) is 1. The summed E-state index contributed by atoms with van der Waals surface area (Å²) in [6, 6.07) is 8.27. The number of ether oxygens (including phenoxy) is 2. The summed E-state index contributed by atoms with van der Waals surface area (Å²) in [6.07, 6.45) is 5.57. The van der Waals surface area contributed by atoms with Gasteiger partial charge in [-0.3, -0.25) is 0 Å². The van der Waals surface area contributed by atoms with Crippen LogP contribution in [0.4, 0.5) is 0 Å². The molecule has 0 aromatic heterocycles. The van der Waals surface area contributed by atoms with E-state index in [4.69, 9.17) is 15.2 Å². The van der Waals surface area contributed by atoms with Crippen molar-refractivity contribution >= 4 is 0 Å². The summed E-state index contributed by atoms with van der Waals surface area (Å²) in [5.74, 6) is 0.990. The maximum Gasteiger partial charge on any atom is 0.123 e. The summed E-state index contributed by atoms with van der Waals surface area (Å²) in [4.78, 5) is 0. The lowest BCUT2D eigenvalue weighted by Crippen LogP contribution is -2.29. The van der Waals surface area contributed by atoms with Crippen LogP contribution in [0.2, 0.25) is 0 Å². The zero-order valence-electron chi connectivity index (χ0n) is 10.7. The molecule has 2 aliphatic rings. The zero-order valence-corrected chi connectivity index (χ0v) is 10.7. The first kappa shape index (κ1) is 12.0. The Bertz CT molecular complexity index is 409. The fourth-order valence-corrected chi connectivity index (χ4v) is 2.47. The second kappa shape index (κ2) is 4.90. The number of nitrogens with two attached hydrogens (primary N) is 1. The van der Waals surface area contributed by atoms with Crippen LogP contribution in [0.1, 0.15) is 31.2 Å². The van der Waals surface area contributed by atoms with E-state index >= 15 is 0 Å². The largest absolute Gasteiger partial charge is 0.488 e. The first-order chi connectivity index (χ1) is 8.75. The van der Waals surface area contributed by atoms with Crippen molar-refractivity contribution in [3.05, 3.63) is 29.8 Å². The van der Waals surface area contributed by atoms with Crippen LogP contribution < -0.4 is 10.5 Å². The summed E-state index contributed by atoms with van der Waals surface area (Å²) in [5, 5.41) is 0. The molecule has 1 aliphatic carbocycles. The Labute approximate surface area is 108 Å². The van der Waals surface area contributed by atoms with Gasteiger partial charge in [-0.2, -0.15) is 0 Å². The van der Waals surface area contributed by atoms with Gasteiger partial charge < -0.3 is 15.2 Å². The number of para-hydroxylation sites is 1. The minimum Gasteiger partial charge on any atom is -0.488 e. The molecule has 1 saturated heterocycles. The molecule has 1 unspecified atom stereocenters. The highest BCUT2D eigenvalue weighted by molar-refractivity contribution is 5.36. The third-order valence-corrected chi connectivity index (χ3v) is 3.82. The standard InChI is InChI=1S/C15H21NO2/c16-15(7-8-15)10-12-4-1-2-6-14(12)18-13-5-3-9-17-11-13/h1-2,4,6,13H,3,5,7-11,16H2. The van der Waals surface area contributed by atoms with E-state index in [0.717, 1.165) is 44.5 Å². The van der Waals surface area contributed by atoms with Crippen molar-refractivity contribution < 1.29 is 9.47 Å². The van der Waals surface area contributed by atoms with Crippen LogP contribution in [0.15, 0.2) is 24.3 Å². The Morgan fingerprint density at radius 1 is 1.33 bits per heavy atom. The molecule has 1 aromatic rings. The van der Waals surface area contributed by atoms with Crippen molar-refractivity contribution in [3.8, 4) is 5.75 Å². The van der Waals surface area contributed by atoms with Crippen molar-refractivity contribution in [2.75, 3.05) is 13.2 Å². The monoisotopic (exact) mass is 247 g/mol. The molecule has 0 radical (unpaired) electrons. The van der Waals surface area contributed by atoms with E-state index in [0.29, 0.717) is 6.61 Å². The Morgan fingerprint density at radius 2 is 2.17 bits per heavy atom. The average molecular weight is 247 g/mol. The second-order valence-corrected chi connectivity index (χ2v) is 5.60. The molecule has 98 valence electrons. The summed E-state index contributed by atoms with van der Waals surface area (Å²) in [7, 11) is 0. The Balaban J connectivity index is 1.69. The molecule has 3 rings (SSSR count). The number of hydrogen-bond acceptors (Lipinski definition) is 3. The molecule has 2 N–H and O–H groups in total. The molecule has 3 heteroatoms. The highest BCUT2D eigenvalue weighted by Gasteiger charge is 2.38. The molecular weight excluding hydrogens is 226 g/mol. The molecule has 0 bridgehead atoms. The molecule has 1 aromatic carbocycles. The first-order valence-corrected chi connectivity index (χ1v) is 6.86. The SMILES string of the molecule is NC1(Cc2ccccc2OC2CCCOC2)CC1. The van der Waals surface area contributed by atoms with Gasteiger partial charge in [0, 0.05) is 12.1 Å². The van der Waals surface area contributed by atoms with Gasteiger partial charge in [-0.05, 0) is 43.7 Å². The zero-order chi connectivity index (χ0) is 12.4. The van der Waals surface area contributed by atoms with Crippen LogP contribution in [0.3, 0.4) is 0 Å². The molecular formula is C15H21NO2. The van der Waals surface area contributed by atoms with Gasteiger partial charge in [-0.25, -0.2) is 0 Å². The van der Waals surface area contributed by atoms with Crippen molar-refractivity contribution in [1.82, 2.24) is 0 Å². The maximum absolute atomic E-state index is 6.20. The van der Waals surface area contributed by atoms with Crippen LogP contribution in [0.5, 0.6) is 5.75 Å². The van der Waals surface area contributed by atoms with Gasteiger partial charge >= 0.3 is 0 Å². The first-order valence-electron chi connectivity index (χ1n) is 6.86. The van der Waals surface area contributed by atoms with Gasteiger partial charge in [0.15, 0.2) is 0 Å². The van der Waals surface area contributed by atoms with Crippen LogP contribution >= 0.6 is 0 Å². The number of rotatable bonds is 4. The molecule has 1 atom stereocenters. The van der Waals surface area contributed by atoms with E-state index < -0.39 is 0 Å². The van der Waals surface area contributed by atoms with Gasteiger partial charge in [0.25, 0.3) is 0 Å². The third kappa shape index (κ3) is 2.85. The van der Waals surface area contributed by atoms with Gasteiger partial charge in [-0.1, -0.05) is 18.2 Å². The summed E-state index contributed by atoms with van der Waals surface area (Å²) < 4.78 is 11.5. The molecule has 2 fully saturated rings. The Morgan fingerprint density at radius 3 is 2.89 bits per heavy atom. The molecule has 1 aliphatic heterocycles. The Kier molecular flexibility index (Phi) is 3.27. The van der Waals surface area contributed by atoms with Crippen LogP contribution in [-0.4, -0.2) is 24.9 Å². The highest BCUT2D eigenvalue weighted by atomic mass is 16.5. The van der Waals surface area contributed by atoms with Crippen molar-refractivity contribution in [3.63, 3.8) is 0 Å². The highest BCUT2D eigenvalue weighted by Crippen LogP contribution is 2.38. The van der Waals surface area contributed by atoms with E-state index in [9.17, 15) is 0 Å². The lowest BCUT2D eigenvalue weighted by Gasteiger charge is -2.25. The van der Waals surface area contributed by atoms with Gasteiger partial charge in [-0.15, -0.1) is 0 Å². The van der Waals surface area contributed by atoms with E-state index in [1.807, 2.05) is 6.07 Å². The Hall–Kier alpha value is -1.06. The van der Waals surface area contributed by atoms with E-state index in [-0.39, 0.29) is 11.6 Å². The van der Waals surface area contributed by atoms with E-state index in [1.165, 1.54) is 5.56 Å². The quantitative estimate of drug-likeness (QED) is 0.887. The minimum absolute atomic E-state index is 0.0303. The third-order valence-electron chi connectivity index (χ3n) is 3.82. The van der Waals surface area contributed by atoms with E-state index in [2.05, 4.69) is 18.2 Å². The summed E-state index contributed by atoms with van der Waals surface area (Å²) in [5.41, 5.74) is 7.47. The molecule has 1 saturated carbocycles. The topological polar surface area (TPSA) is 44.5 Å².